The molecule has 0 amide bonds. The zero-order chi connectivity index (χ0) is 21.7. The summed E-state index contributed by atoms with van der Waals surface area (Å²) in [5.41, 5.74) is 2.13. The fourth-order valence-corrected chi connectivity index (χ4v) is 3.09. The molecule has 0 aliphatic carbocycles. The third-order valence-corrected chi connectivity index (χ3v) is 4.60. The number of carbonyl (C=O) groups is 1. The molecule has 0 saturated carbocycles. The highest BCUT2D eigenvalue weighted by atomic mass is 16.8. The van der Waals surface area contributed by atoms with E-state index >= 15 is 0 Å². The molecular formula is C24H28O7. The molecule has 3 rings (SSSR count). The molecule has 2 aromatic rings. The van der Waals surface area contributed by atoms with Crippen LogP contribution in [-0.4, -0.2) is 51.6 Å². The first-order valence-corrected chi connectivity index (χ1v) is 10.1. The van der Waals surface area contributed by atoms with Crippen molar-refractivity contribution in [2.75, 3.05) is 27.1 Å². The number of rotatable bonds is 13. The number of ether oxygens (including phenoxy) is 6. The first-order valence-electron chi connectivity index (χ1n) is 10.1. The Bertz CT molecular complexity index is 794. The number of carbonyl (C=O) groups excluding carboxylic acids is 1. The molecule has 0 N–H and O–H groups in total. The van der Waals surface area contributed by atoms with E-state index in [1.165, 1.54) is 7.11 Å². The molecule has 0 radical (unpaired) electrons. The van der Waals surface area contributed by atoms with Crippen molar-refractivity contribution < 1.29 is 33.2 Å². The fraction of sp³-hybridized carbons (Fsp3) is 0.375. The van der Waals surface area contributed by atoms with Gasteiger partial charge in [0, 0.05) is 7.11 Å². The van der Waals surface area contributed by atoms with E-state index in [4.69, 9.17) is 28.4 Å². The molecule has 1 fully saturated rings. The zero-order valence-corrected chi connectivity index (χ0v) is 17.6. The van der Waals surface area contributed by atoms with Gasteiger partial charge in [-0.3, -0.25) is 0 Å². The SMILES string of the molecule is COCO[C@H](COCc1ccccc1)[C@H]1OC(=O)O[C@@H]1/C=C/COCc1ccccc1. The van der Waals surface area contributed by atoms with Crippen molar-refractivity contribution in [3.8, 4) is 0 Å². The van der Waals surface area contributed by atoms with Gasteiger partial charge in [-0.15, -0.1) is 0 Å². The average Bonchev–Trinajstić information content (AvgIpc) is 3.17. The first-order chi connectivity index (χ1) is 15.3. The van der Waals surface area contributed by atoms with Crippen LogP contribution >= 0.6 is 0 Å². The molecule has 3 atom stereocenters. The minimum atomic E-state index is -0.737. The van der Waals surface area contributed by atoms with Gasteiger partial charge in [0.2, 0.25) is 0 Å². The maximum Gasteiger partial charge on any atom is 0.509 e. The van der Waals surface area contributed by atoms with E-state index in [0.717, 1.165) is 11.1 Å². The predicted molar refractivity (Wildman–Crippen MR) is 113 cm³/mol. The molecular weight excluding hydrogens is 400 g/mol. The van der Waals surface area contributed by atoms with Crippen LogP contribution in [0.1, 0.15) is 11.1 Å². The summed E-state index contributed by atoms with van der Waals surface area (Å²) in [5.74, 6) is 0. The molecule has 0 bridgehead atoms. The second-order valence-electron chi connectivity index (χ2n) is 6.96. The smallest absolute Gasteiger partial charge is 0.424 e. The summed E-state index contributed by atoms with van der Waals surface area (Å²) in [4.78, 5) is 11.8. The largest absolute Gasteiger partial charge is 0.509 e. The van der Waals surface area contributed by atoms with Gasteiger partial charge in [0.25, 0.3) is 0 Å². The normalized spacial score (nSPS) is 19.3. The third-order valence-electron chi connectivity index (χ3n) is 4.60. The standard InChI is InChI=1S/C24H28O7/c1-26-18-29-22(17-28-16-20-11-6-3-7-12-20)23-21(30-24(25)31-23)13-8-14-27-15-19-9-4-2-5-10-19/h2-13,21-23H,14-18H2,1H3/b13-8+/t21-,22-,23+/m1/s1. The van der Waals surface area contributed by atoms with Crippen LogP contribution in [0.3, 0.4) is 0 Å². The van der Waals surface area contributed by atoms with Crippen molar-refractivity contribution in [1.82, 2.24) is 0 Å². The van der Waals surface area contributed by atoms with E-state index in [0.29, 0.717) is 19.8 Å². The first kappa shape index (κ1) is 23.0. The quantitative estimate of drug-likeness (QED) is 0.208. The van der Waals surface area contributed by atoms with Gasteiger partial charge in [-0.2, -0.15) is 0 Å². The molecule has 1 aliphatic heterocycles. The highest BCUT2D eigenvalue weighted by molar-refractivity contribution is 5.63. The summed E-state index contributed by atoms with van der Waals surface area (Å²) in [6.45, 7) is 1.56. The zero-order valence-electron chi connectivity index (χ0n) is 17.6. The Morgan fingerprint density at radius 3 is 2.23 bits per heavy atom. The molecule has 2 aromatic carbocycles. The van der Waals surface area contributed by atoms with Gasteiger partial charge in [0.05, 0.1) is 26.4 Å². The minimum absolute atomic E-state index is 0.0457. The molecule has 0 spiro atoms. The van der Waals surface area contributed by atoms with Gasteiger partial charge in [-0.1, -0.05) is 66.7 Å². The summed E-state index contributed by atoms with van der Waals surface area (Å²) in [5, 5.41) is 0. The van der Waals surface area contributed by atoms with Crippen molar-refractivity contribution in [3.05, 3.63) is 83.9 Å². The summed E-state index contributed by atoms with van der Waals surface area (Å²) < 4.78 is 32.8. The van der Waals surface area contributed by atoms with Gasteiger partial charge >= 0.3 is 6.16 Å². The Hall–Kier alpha value is -2.71. The lowest BCUT2D eigenvalue weighted by Crippen LogP contribution is -2.40. The van der Waals surface area contributed by atoms with Gasteiger partial charge in [0.15, 0.2) is 12.2 Å². The molecule has 31 heavy (non-hydrogen) atoms. The van der Waals surface area contributed by atoms with Crippen LogP contribution in [0.15, 0.2) is 72.8 Å². The van der Waals surface area contributed by atoms with Crippen LogP contribution in [0.2, 0.25) is 0 Å². The molecule has 1 aliphatic rings. The molecule has 7 heteroatoms. The van der Waals surface area contributed by atoms with Crippen molar-refractivity contribution in [2.24, 2.45) is 0 Å². The maximum atomic E-state index is 11.8. The number of hydrogen-bond donors (Lipinski definition) is 0. The Balaban J connectivity index is 1.51. The van der Waals surface area contributed by atoms with Crippen molar-refractivity contribution in [3.63, 3.8) is 0 Å². The Kier molecular flexibility index (Phi) is 9.53. The monoisotopic (exact) mass is 428 g/mol. The Labute approximate surface area is 182 Å². The number of cyclic esters (lactones) is 2. The lowest BCUT2D eigenvalue weighted by Gasteiger charge is -2.23. The van der Waals surface area contributed by atoms with Crippen molar-refractivity contribution in [1.29, 1.82) is 0 Å². The topological polar surface area (TPSA) is 72.5 Å². The number of methoxy groups -OCH3 is 1. The van der Waals surface area contributed by atoms with E-state index in [-0.39, 0.29) is 13.4 Å². The summed E-state index contributed by atoms with van der Waals surface area (Å²) >= 11 is 0. The summed E-state index contributed by atoms with van der Waals surface area (Å²) in [6, 6.07) is 19.7. The van der Waals surface area contributed by atoms with E-state index < -0.39 is 24.5 Å². The third kappa shape index (κ3) is 7.80. The molecule has 1 heterocycles. The second kappa shape index (κ2) is 12.9. The lowest BCUT2D eigenvalue weighted by atomic mass is 10.1. The molecule has 7 nitrogen and oxygen atoms in total. The fourth-order valence-electron chi connectivity index (χ4n) is 3.09. The van der Waals surface area contributed by atoms with Crippen LogP contribution in [-0.2, 0) is 41.6 Å². The van der Waals surface area contributed by atoms with Crippen molar-refractivity contribution in [2.45, 2.75) is 31.5 Å². The van der Waals surface area contributed by atoms with E-state index in [2.05, 4.69) is 0 Å². The summed E-state index contributed by atoms with van der Waals surface area (Å²) in [6.07, 6.45) is 1.02. The van der Waals surface area contributed by atoms with Crippen LogP contribution in [0.25, 0.3) is 0 Å². The average molecular weight is 428 g/mol. The van der Waals surface area contributed by atoms with Gasteiger partial charge < -0.3 is 28.4 Å². The minimum Gasteiger partial charge on any atom is -0.424 e. The van der Waals surface area contributed by atoms with Crippen LogP contribution in [0.4, 0.5) is 4.79 Å². The van der Waals surface area contributed by atoms with E-state index in [1.54, 1.807) is 12.2 Å². The van der Waals surface area contributed by atoms with E-state index in [1.807, 2.05) is 60.7 Å². The summed E-state index contributed by atoms with van der Waals surface area (Å²) in [7, 11) is 1.53. The lowest BCUT2D eigenvalue weighted by molar-refractivity contribution is -0.134. The maximum absolute atomic E-state index is 11.8. The van der Waals surface area contributed by atoms with Crippen LogP contribution in [0, 0.1) is 0 Å². The van der Waals surface area contributed by atoms with Crippen LogP contribution < -0.4 is 0 Å². The molecule has 0 unspecified atom stereocenters. The highest BCUT2D eigenvalue weighted by Gasteiger charge is 2.41. The van der Waals surface area contributed by atoms with E-state index in [9.17, 15) is 4.79 Å². The number of hydrogen-bond acceptors (Lipinski definition) is 7. The predicted octanol–water partition coefficient (Wildman–Crippen LogP) is 3.87. The van der Waals surface area contributed by atoms with Crippen molar-refractivity contribution >= 4 is 6.16 Å². The van der Waals surface area contributed by atoms with Gasteiger partial charge in [-0.25, -0.2) is 4.79 Å². The second-order valence-corrected chi connectivity index (χ2v) is 6.96. The number of benzene rings is 2. The molecule has 0 aromatic heterocycles. The van der Waals surface area contributed by atoms with Gasteiger partial charge in [0.1, 0.15) is 12.9 Å². The Morgan fingerprint density at radius 2 is 1.58 bits per heavy atom. The molecule has 1 saturated heterocycles. The molecule has 166 valence electrons. The van der Waals surface area contributed by atoms with Gasteiger partial charge in [-0.05, 0) is 17.2 Å². The van der Waals surface area contributed by atoms with Crippen LogP contribution in [0.5, 0.6) is 0 Å². The Morgan fingerprint density at radius 1 is 0.935 bits per heavy atom. The highest BCUT2D eigenvalue weighted by Crippen LogP contribution is 2.22.